The van der Waals surface area contributed by atoms with Crippen molar-refractivity contribution >= 4 is 23.0 Å². The van der Waals surface area contributed by atoms with Crippen LogP contribution in [0.4, 0.5) is 5.82 Å². The quantitative estimate of drug-likeness (QED) is 0.604. The smallest absolute Gasteiger partial charge is 0.335 e. The summed E-state index contributed by atoms with van der Waals surface area (Å²) >= 11 is 0. The van der Waals surface area contributed by atoms with E-state index in [1.54, 1.807) is 6.92 Å². The first kappa shape index (κ1) is 15.6. The summed E-state index contributed by atoms with van der Waals surface area (Å²) in [4.78, 5) is 23.9. The number of carbonyl (C=O) groups is 1. The van der Waals surface area contributed by atoms with E-state index < -0.39 is 30.5 Å². The number of fused-ring (bicyclic) bond motifs is 1. The number of aliphatic hydroxyl groups is 2. The predicted molar refractivity (Wildman–Crippen MR) is 76.9 cm³/mol. The second-order valence-corrected chi connectivity index (χ2v) is 5.14. The molecule has 0 aliphatic carbocycles. The molecule has 1 aliphatic rings. The molecule has 0 bridgehead atoms. The van der Waals surface area contributed by atoms with Crippen molar-refractivity contribution in [3.63, 3.8) is 0 Å². The zero-order valence-corrected chi connectivity index (χ0v) is 12.4. The van der Waals surface area contributed by atoms with Gasteiger partial charge in [-0.1, -0.05) is 0 Å². The van der Waals surface area contributed by atoms with Crippen molar-refractivity contribution < 1.29 is 24.5 Å². The molecule has 23 heavy (non-hydrogen) atoms. The normalized spacial score (nSPS) is 28.0. The topological polar surface area (TPSA) is 146 Å². The highest BCUT2D eigenvalue weighted by atomic mass is 16.6. The molecular weight excluding hydrogens is 306 g/mol. The van der Waals surface area contributed by atoms with E-state index in [9.17, 15) is 15.0 Å². The van der Waals surface area contributed by atoms with Crippen LogP contribution in [-0.2, 0) is 14.3 Å². The Kier molecular flexibility index (Phi) is 4.11. The zero-order valence-electron chi connectivity index (χ0n) is 12.4. The Hall–Kier alpha value is -2.30. The fourth-order valence-corrected chi connectivity index (χ4v) is 2.53. The molecule has 124 valence electrons. The maximum Gasteiger partial charge on any atom is 0.335 e. The highest BCUT2D eigenvalue weighted by Crippen LogP contribution is 2.31. The molecule has 2 aromatic heterocycles. The Balaban J connectivity index is 1.95. The molecule has 0 saturated carbocycles. The number of nitrogens with zero attached hydrogens (tertiary/aromatic N) is 4. The van der Waals surface area contributed by atoms with Crippen molar-refractivity contribution in [3.05, 3.63) is 12.7 Å². The predicted octanol–water partition coefficient (Wildman–Crippen LogP) is -1.02. The molecule has 10 heteroatoms. The monoisotopic (exact) mass is 323 g/mol. The molecule has 10 nitrogen and oxygen atoms in total. The average Bonchev–Trinajstić information content (AvgIpc) is 2.95. The van der Waals surface area contributed by atoms with E-state index in [-0.39, 0.29) is 18.8 Å². The van der Waals surface area contributed by atoms with Crippen LogP contribution in [0.15, 0.2) is 12.7 Å². The van der Waals surface area contributed by atoms with Crippen LogP contribution >= 0.6 is 0 Å². The Morgan fingerprint density at radius 1 is 1.48 bits per heavy atom. The minimum absolute atomic E-state index is 0.0553. The van der Waals surface area contributed by atoms with Gasteiger partial charge in [0.2, 0.25) is 0 Å². The lowest BCUT2D eigenvalue weighted by atomic mass is 10.0. The number of rotatable bonds is 3. The van der Waals surface area contributed by atoms with Crippen molar-refractivity contribution in [2.45, 2.75) is 37.9 Å². The number of carbonyl (C=O) groups excluding carboxylic acids is 1. The van der Waals surface area contributed by atoms with Crippen molar-refractivity contribution in [2.75, 3.05) is 12.3 Å². The van der Waals surface area contributed by atoms with Crippen LogP contribution in [0.25, 0.3) is 11.2 Å². The maximum absolute atomic E-state index is 11.9. The van der Waals surface area contributed by atoms with Gasteiger partial charge < -0.3 is 25.4 Å². The van der Waals surface area contributed by atoms with Crippen LogP contribution < -0.4 is 5.73 Å². The standard InChI is InChI=1S/C13H17N5O5/c1-2-22-13(21)7-3-6(19)9(20)12(23-7)18-5-17-8-10(14)15-4-16-11(8)18/h4-7,9,12,19-20H,2-3H2,1H3,(H2,14,15,16)/t6?,7-,9?,12?/m1/s1. The molecule has 0 radical (unpaired) electrons. The minimum atomic E-state index is -1.26. The number of nitrogen functional groups attached to an aromatic ring is 1. The molecule has 0 aromatic carbocycles. The molecule has 0 spiro atoms. The second-order valence-electron chi connectivity index (χ2n) is 5.14. The lowest BCUT2D eigenvalue weighted by Crippen LogP contribution is -2.48. The van der Waals surface area contributed by atoms with Crippen LogP contribution in [0.5, 0.6) is 0 Å². The Bertz CT molecular complexity index is 720. The number of nitrogens with two attached hydrogens (primary N) is 1. The largest absolute Gasteiger partial charge is 0.464 e. The van der Waals surface area contributed by atoms with E-state index in [1.165, 1.54) is 17.2 Å². The molecule has 3 unspecified atom stereocenters. The Morgan fingerprint density at radius 2 is 2.26 bits per heavy atom. The zero-order chi connectivity index (χ0) is 16.6. The number of anilines is 1. The summed E-state index contributed by atoms with van der Waals surface area (Å²) in [5.74, 6) is -0.413. The van der Waals surface area contributed by atoms with E-state index in [4.69, 9.17) is 15.2 Å². The Labute approximate surface area is 130 Å². The molecule has 2 aromatic rings. The van der Waals surface area contributed by atoms with Crippen molar-refractivity contribution in [1.82, 2.24) is 19.5 Å². The summed E-state index contributed by atoms with van der Waals surface area (Å²) in [6.45, 7) is 1.87. The van der Waals surface area contributed by atoms with Gasteiger partial charge in [-0.05, 0) is 6.92 Å². The van der Waals surface area contributed by atoms with Gasteiger partial charge in [0.15, 0.2) is 23.8 Å². The molecule has 4 atom stereocenters. The summed E-state index contributed by atoms with van der Waals surface area (Å²) in [7, 11) is 0. The van der Waals surface area contributed by atoms with E-state index in [0.717, 1.165) is 0 Å². The number of imidazole rings is 1. The van der Waals surface area contributed by atoms with Gasteiger partial charge in [-0.2, -0.15) is 0 Å². The first-order valence-corrected chi connectivity index (χ1v) is 7.14. The summed E-state index contributed by atoms with van der Waals surface area (Å²) in [5, 5.41) is 20.2. The minimum Gasteiger partial charge on any atom is -0.464 e. The van der Waals surface area contributed by atoms with Crippen LogP contribution in [0, 0.1) is 0 Å². The molecule has 3 heterocycles. The number of hydrogen-bond acceptors (Lipinski definition) is 9. The van der Waals surface area contributed by atoms with Gasteiger partial charge in [-0.15, -0.1) is 0 Å². The second kappa shape index (κ2) is 6.07. The Morgan fingerprint density at radius 3 is 3.00 bits per heavy atom. The lowest BCUT2D eigenvalue weighted by Gasteiger charge is -2.36. The number of ether oxygens (including phenoxy) is 2. The summed E-state index contributed by atoms with van der Waals surface area (Å²) in [5.41, 5.74) is 6.40. The van der Waals surface area contributed by atoms with E-state index in [0.29, 0.717) is 11.2 Å². The fourth-order valence-electron chi connectivity index (χ4n) is 2.53. The van der Waals surface area contributed by atoms with Gasteiger partial charge in [0.05, 0.1) is 19.0 Å². The van der Waals surface area contributed by atoms with Gasteiger partial charge in [-0.3, -0.25) is 4.57 Å². The first-order valence-electron chi connectivity index (χ1n) is 7.14. The lowest BCUT2D eigenvalue weighted by molar-refractivity contribution is -0.211. The van der Waals surface area contributed by atoms with Gasteiger partial charge in [-0.25, -0.2) is 19.7 Å². The van der Waals surface area contributed by atoms with Crippen LogP contribution in [0.1, 0.15) is 19.6 Å². The molecule has 0 amide bonds. The molecule has 1 saturated heterocycles. The summed E-state index contributed by atoms with van der Waals surface area (Å²) in [6, 6.07) is 0. The molecular formula is C13H17N5O5. The molecule has 1 aliphatic heterocycles. The fraction of sp³-hybridized carbons (Fsp3) is 0.538. The summed E-state index contributed by atoms with van der Waals surface area (Å²) in [6.07, 6.45) is -1.88. The molecule has 1 fully saturated rings. The van der Waals surface area contributed by atoms with Crippen LogP contribution in [0.2, 0.25) is 0 Å². The molecule has 3 rings (SSSR count). The van der Waals surface area contributed by atoms with E-state index in [2.05, 4.69) is 15.0 Å². The van der Waals surface area contributed by atoms with Gasteiger partial charge >= 0.3 is 5.97 Å². The number of aliphatic hydroxyl groups excluding tert-OH is 2. The highest BCUT2D eigenvalue weighted by molar-refractivity contribution is 5.81. The third kappa shape index (κ3) is 2.71. The van der Waals surface area contributed by atoms with E-state index in [1.807, 2.05) is 0 Å². The molecule has 4 N–H and O–H groups in total. The number of hydrogen-bond donors (Lipinski definition) is 3. The van der Waals surface area contributed by atoms with E-state index >= 15 is 0 Å². The van der Waals surface area contributed by atoms with Crippen LogP contribution in [-0.4, -0.2) is 60.6 Å². The third-order valence-electron chi connectivity index (χ3n) is 3.66. The average molecular weight is 323 g/mol. The number of aromatic nitrogens is 4. The van der Waals surface area contributed by atoms with Crippen molar-refractivity contribution in [2.24, 2.45) is 0 Å². The van der Waals surface area contributed by atoms with Gasteiger partial charge in [0, 0.05) is 6.42 Å². The van der Waals surface area contributed by atoms with Gasteiger partial charge in [0.1, 0.15) is 17.9 Å². The highest BCUT2D eigenvalue weighted by Gasteiger charge is 2.42. The third-order valence-corrected chi connectivity index (χ3v) is 3.66. The van der Waals surface area contributed by atoms with Crippen molar-refractivity contribution in [3.8, 4) is 0 Å². The van der Waals surface area contributed by atoms with Crippen LogP contribution in [0.3, 0.4) is 0 Å². The first-order chi connectivity index (χ1) is 11.0. The van der Waals surface area contributed by atoms with Gasteiger partial charge in [0.25, 0.3) is 0 Å². The maximum atomic E-state index is 11.9. The number of esters is 1. The SMILES string of the molecule is CCOC(=O)[C@H]1CC(O)C(O)C(n2cnc3c(N)ncnc32)O1. The summed E-state index contributed by atoms with van der Waals surface area (Å²) < 4.78 is 11.9. The van der Waals surface area contributed by atoms with Crippen molar-refractivity contribution in [1.29, 1.82) is 0 Å².